The molecule has 0 fully saturated rings. The van der Waals surface area contributed by atoms with Crippen LogP contribution in [-0.2, 0) is 0 Å². The van der Waals surface area contributed by atoms with Gasteiger partial charge in [0.2, 0.25) is 0 Å². The highest BCUT2D eigenvalue weighted by atomic mass is 35.5. The first-order valence-corrected chi connectivity index (χ1v) is 7.89. The molecule has 4 aromatic rings. The van der Waals surface area contributed by atoms with Crippen molar-refractivity contribution in [1.29, 1.82) is 0 Å². The number of ether oxygens (including phenoxy) is 1. The van der Waals surface area contributed by atoms with Gasteiger partial charge in [-0.25, -0.2) is 0 Å². The minimum absolute atomic E-state index is 0.678. The average molecular weight is 319 g/mol. The van der Waals surface area contributed by atoms with Gasteiger partial charge in [0.15, 0.2) is 0 Å². The summed E-state index contributed by atoms with van der Waals surface area (Å²) in [5, 5.41) is 5.65. The standard InChI is InChI=1S/C21H15ClO/c1-23-21-13-19(22)8-9-20(21)17-7-6-16-10-14-4-2-3-5-15(14)11-18(16)12-17/h2-13H,1H3. The van der Waals surface area contributed by atoms with E-state index >= 15 is 0 Å². The lowest BCUT2D eigenvalue weighted by atomic mass is 9.98. The Kier molecular flexibility index (Phi) is 3.44. The van der Waals surface area contributed by atoms with Crippen molar-refractivity contribution >= 4 is 33.1 Å². The third-order valence-electron chi connectivity index (χ3n) is 4.18. The monoisotopic (exact) mass is 318 g/mol. The molecule has 0 spiro atoms. The van der Waals surface area contributed by atoms with Crippen LogP contribution < -0.4 is 4.74 Å². The minimum atomic E-state index is 0.678. The number of methoxy groups -OCH3 is 1. The average Bonchev–Trinajstić information content (AvgIpc) is 2.59. The second kappa shape index (κ2) is 5.60. The summed E-state index contributed by atoms with van der Waals surface area (Å²) in [5.74, 6) is 0.789. The maximum Gasteiger partial charge on any atom is 0.128 e. The van der Waals surface area contributed by atoms with Crippen LogP contribution in [0.2, 0.25) is 5.02 Å². The molecule has 4 aromatic carbocycles. The summed E-state index contributed by atoms with van der Waals surface area (Å²) in [6.45, 7) is 0. The zero-order valence-electron chi connectivity index (χ0n) is 12.7. The molecule has 112 valence electrons. The molecule has 0 saturated carbocycles. The number of fused-ring (bicyclic) bond motifs is 2. The molecule has 0 unspecified atom stereocenters. The second-order valence-electron chi connectivity index (χ2n) is 5.61. The van der Waals surface area contributed by atoms with Gasteiger partial charge >= 0.3 is 0 Å². The van der Waals surface area contributed by atoms with E-state index in [1.165, 1.54) is 21.5 Å². The highest BCUT2D eigenvalue weighted by Crippen LogP contribution is 2.34. The van der Waals surface area contributed by atoms with Crippen molar-refractivity contribution in [1.82, 2.24) is 0 Å². The van der Waals surface area contributed by atoms with Gasteiger partial charge in [0.1, 0.15) is 5.75 Å². The van der Waals surface area contributed by atoms with E-state index in [0.717, 1.165) is 16.9 Å². The van der Waals surface area contributed by atoms with Gasteiger partial charge in [-0.2, -0.15) is 0 Å². The largest absolute Gasteiger partial charge is 0.496 e. The molecule has 0 radical (unpaired) electrons. The number of hydrogen-bond donors (Lipinski definition) is 0. The molecule has 4 rings (SSSR count). The fraction of sp³-hybridized carbons (Fsp3) is 0.0476. The van der Waals surface area contributed by atoms with E-state index in [2.05, 4.69) is 54.6 Å². The van der Waals surface area contributed by atoms with Gasteiger partial charge in [-0.15, -0.1) is 0 Å². The van der Waals surface area contributed by atoms with Crippen LogP contribution >= 0.6 is 11.6 Å². The van der Waals surface area contributed by atoms with Crippen LogP contribution in [0.4, 0.5) is 0 Å². The first-order chi connectivity index (χ1) is 11.2. The Labute approximate surface area is 140 Å². The van der Waals surface area contributed by atoms with Crippen LogP contribution in [0.5, 0.6) is 5.75 Å². The molecule has 0 saturated heterocycles. The number of rotatable bonds is 2. The Hall–Kier alpha value is -2.51. The van der Waals surface area contributed by atoms with Crippen LogP contribution in [0.3, 0.4) is 0 Å². The second-order valence-corrected chi connectivity index (χ2v) is 6.04. The third-order valence-corrected chi connectivity index (χ3v) is 4.41. The van der Waals surface area contributed by atoms with Crippen LogP contribution in [-0.4, -0.2) is 7.11 Å². The summed E-state index contributed by atoms with van der Waals surface area (Å²) < 4.78 is 5.48. The quantitative estimate of drug-likeness (QED) is 0.393. The summed E-state index contributed by atoms with van der Waals surface area (Å²) >= 11 is 6.06. The van der Waals surface area contributed by atoms with Crippen LogP contribution in [0.25, 0.3) is 32.7 Å². The molecule has 2 heteroatoms. The van der Waals surface area contributed by atoms with E-state index in [1.54, 1.807) is 7.11 Å². The lowest BCUT2D eigenvalue weighted by Gasteiger charge is -2.10. The predicted octanol–water partition coefficient (Wildman–Crippen LogP) is 6.32. The number of halogens is 1. The van der Waals surface area contributed by atoms with E-state index in [-0.39, 0.29) is 0 Å². The maximum absolute atomic E-state index is 6.06. The van der Waals surface area contributed by atoms with Gasteiger partial charge in [-0.05, 0) is 63.5 Å². The predicted molar refractivity (Wildman–Crippen MR) is 98.5 cm³/mol. The Morgan fingerprint density at radius 3 is 2.13 bits per heavy atom. The Morgan fingerprint density at radius 2 is 1.39 bits per heavy atom. The van der Waals surface area contributed by atoms with E-state index in [1.807, 2.05) is 18.2 Å². The first-order valence-electron chi connectivity index (χ1n) is 7.51. The smallest absolute Gasteiger partial charge is 0.128 e. The molecular weight excluding hydrogens is 304 g/mol. The van der Waals surface area contributed by atoms with Crippen molar-refractivity contribution in [2.75, 3.05) is 7.11 Å². The zero-order chi connectivity index (χ0) is 15.8. The Bertz CT molecular complexity index is 1020. The van der Waals surface area contributed by atoms with Gasteiger partial charge in [0.25, 0.3) is 0 Å². The van der Waals surface area contributed by atoms with Crippen molar-refractivity contribution < 1.29 is 4.74 Å². The van der Waals surface area contributed by atoms with E-state index in [0.29, 0.717) is 5.02 Å². The molecule has 23 heavy (non-hydrogen) atoms. The number of benzene rings is 4. The van der Waals surface area contributed by atoms with Crippen LogP contribution in [0.15, 0.2) is 72.8 Å². The fourth-order valence-electron chi connectivity index (χ4n) is 3.01. The SMILES string of the molecule is COc1cc(Cl)ccc1-c1ccc2cc3ccccc3cc2c1. The van der Waals surface area contributed by atoms with Crippen molar-refractivity contribution in [2.45, 2.75) is 0 Å². The highest BCUT2D eigenvalue weighted by molar-refractivity contribution is 6.30. The normalized spacial score (nSPS) is 11.0. The summed E-state index contributed by atoms with van der Waals surface area (Å²) in [7, 11) is 1.67. The highest BCUT2D eigenvalue weighted by Gasteiger charge is 2.08. The molecule has 0 bridgehead atoms. The Morgan fingerprint density at radius 1 is 0.696 bits per heavy atom. The van der Waals surface area contributed by atoms with Gasteiger partial charge < -0.3 is 4.74 Å². The number of hydrogen-bond acceptors (Lipinski definition) is 1. The molecule has 0 aromatic heterocycles. The maximum atomic E-state index is 6.06. The van der Waals surface area contributed by atoms with E-state index < -0.39 is 0 Å². The summed E-state index contributed by atoms with van der Waals surface area (Å²) in [6.07, 6.45) is 0. The lowest BCUT2D eigenvalue weighted by Crippen LogP contribution is -1.88. The topological polar surface area (TPSA) is 9.23 Å². The minimum Gasteiger partial charge on any atom is -0.496 e. The van der Waals surface area contributed by atoms with Crippen molar-refractivity contribution in [3.05, 3.63) is 77.8 Å². The van der Waals surface area contributed by atoms with Crippen molar-refractivity contribution in [3.8, 4) is 16.9 Å². The van der Waals surface area contributed by atoms with E-state index in [9.17, 15) is 0 Å². The lowest BCUT2D eigenvalue weighted by molar-refractivity contribution is 0.416. The van der Waals surface area contributed by atoms with Gasteiger partial charge in [0, 0.05) is 10.6 Å². The molecule has 0 aliphatic rings. The van der Waals surface area contributed by atoms with Crippen LogP contribution in [0.1, 0.15) is 0 Å². The molecule has 0 aliphatic heterocycles. The fourth-order valence-corrected chi connectivity index (χ4v) is 3.17. The van der Waals surface area contributed by atoms with Gasteiger partial charge in [0.05, 0.1) is 7.11 Å². The van der Waals surface area contributed by atoms with Gasteiger partial charge in [-0.3, -0.25) is 0 Å². The summed E-state index contributed by atoms with van der Waals surface area (Å²) in [6, 6.07) is 25.1. The van der Waals surface area contributed by atoms with Gasteiger partial charge in [-0.1, -0.05) is 48.0 Å². The zero-order valence-corrected chi connectivity index (χ0v) is 13.5. The molecule has 0 heterocycles. The summed E-state index contributed by atoms with van der Waals surface area (Å²) in [5.41, 5.74) is 2.17. The Balaban J connectivity index is 1.93. The van der Waals surface area contributed by atoms with Crippen LogP contribution in [0, 0.1) is 0 Å². The summed E-state index contributed by atoms with van der Waals surface area (Å²) in [4.78, 5) is 0. The molecular formula is C21H15ClO. The molecule has 0 amide bonds. The van der Waals surface area contributed by atoms with Crippen molar-refractivity contribution in [3.63, 3.8) is 0 Å². The third kappa shape index (κ3) is 2.54. The molecule has 1 nitrogen and oxygen atoms in total. The van der Waals surface area contributed by atoms with E-state index in [4.69, 9.17) is 16.3 Å². The molecule has 0 aliphatic carbocycles. The molecule has 0 N–H and O–H groups in total. The van der Waals surface area contributed by atoms with Crippen molar-refractivity contribution in [2.24, 2.45) is 0 Å². The molecule has 0 atom stereocenters. The first kappa shape index (κ1) is 14.1.